The Morgan fingerprint density at radius 3 is 2.63 bits per heavy atom. The Balaban J connectivity index is 1.92. The van der Waals surface area contributed by atoms with Crippen molar-refractivity contribution in [2.45, 2.75) is 0 Å². The number of aromatic nitrogens is 1. The molecule has 0 spiro atoms. The Morgan fingerprint density at radius 2 is 1.95 bits per heavy atom. The van der Waals surface area contributed by atoms with Crippen LogP contribution in [0.25, 0.3) is 6.08 Å². The Bertz CT molecular complexity index is 666. The predicted octanol–water partition coefficient (Wildman–Crippen LogP) is 4.48. The molecular formula is C14H12N2OS2. The van der Waals surface area contributed by atoms with Crippen molar-refractivity contribution in [3.63, 3.8) is 0 Å². The Kier molecular flexibility index (Phi) is 4.83. The van der Waals surface area contributed by atoms with Crippen LogP contribution in [-0.2, 0) is 0 Å². The van der Waals surface area contributed by atoms with Gasteiger partial charge in [0.2, 0.25) is 5.88 Å². The fourth-order valence-corrected chi connectivity index (χ4v) is 2.35. The third-order valence-corrected chi connectivity index (χ3v) is 3.38. The van der Waals surface area contributed by atoms with Gasteiger partial charge in [-0.15, -0.1) is 11.3 Å². The normalized spacial score (nSPS) is 12.0. The van der Waals surface area contributed by atoms with Crippen LogP contribution in [0.5, 0.6) is 5.88 Å². The highest BCUT2D eigenvalue weighted by Crippen LogP contribution is 2.22. The number of nitrogens with one attached hydrogen (secondary N) is 1. The highest BCUT2D eigenvalue weighted by atomic mass is 32.1. The fourth-order valence-electron chi connectivity index (χ4n) is 1.34. The molecule has 0 saturated heterocycles. The molecule has 0 atom stereocenters. The first-order valence-corrected chi connectivity index (χ1v) is 6.83. The number of hydrogen-bond donors (Lipinski definition) is 2. The zero-order valence-corrected chi connectivity index (χ0v) is 11.6. The van der Waals surface area contributed by atoms with Crippen LogP contribution >= 0.6 is 23.6 Å². The molecule has 5 heteroatoms. The van der Waals surface area contributed by atoms with Crippen molar-refractivity contribution >= 4 is 41.5 Å². The van der Waals surface area contributed by atoms with Crippen LogP contribution in [0, 0.1) is 3.95 Å². The largest absolute Gasteiger partial charge is 0.494 e. The lowest BCUT2D eigenvalue weighted by atomic mass is 10.3. The van der Waals surface area contributed by atoms with Crippen molar-refractivity contribution < 1.29 is 5.11 Å². The first kappa shape index (κ1) is 13.5. The molecule has 0 radical (unpaired) electrons. The van der Waals surface area contributed by atoms with Gasteiger partial charge in [0.25, 0.3) is 0 Å². The molecule has 0 aliphatic carbocycles. The Hall–Kier alpha value is -1.98. The lowest BCUT2D eigenvalue weighted by Gasteiger charge is -1.88. The minimum absolute atomic E-state index is 0.109. The summed E-state index contributed by atoms with van der Waals surface area (Å²) in [6, 6.07) is 9.71. The summed E-state index contributed by atoms with van der Waals surface area (Å²) in [6.45, 7) is 0. The van der Waals surface area contributed by atoms with Gasteiger partial charge < -0.3 is 10.1 Å². The molecule has 96 valence electrons. The molecule has 1 aromatic carbocycles. The van der Waals surface area contributed by atoms with Crippen LogP contribution in [0.15, 0.2) is 53.6 Å². The number of allylic oxidation sites excluding steroid dienone is 3. The molecule has 2 N–H and O–H groups in total. The third kappa shape index (κ3) is 4.31. The topological polar surface area (TPSA) is 48.4 Å². The van der Waals surface area contributed by atoms with Crippen LogP contribution in [0.2, 0.25) is 0 Å². The van der Waals surface area contributed by atoms with E-state index in [0.717, 1.165) is 10.6 Å². The quantitative estimate of drug-likeness (QED) is 0.495. The van der Waals surface area contributed by atoms with E-state index in [1.165, 1.54) is 11.3 Å². The van der Waals surface area contributed by atoms with Gasteiger partial charge in [-0.1, -0.05) is 30.4 Å². The highest BCUT2D eigenvalue weighted by Gasteiger charge is 1.98. The van der Waals surface area contributed by atoms with Crippen molar-refractivity contribution in [1.29, 1.82) is 0 Å². The Morgan fingerprint density at radius 1 is 1.16 bits per heavy atom. The molecule has 2 aromatic rings. The summed E-state index contributed by atoms with van der Waals surface area (Å²) in [5.74, 6) is 0.109. The van der Waals surface area contributed by atoms with E-state index in [9.17, 15) is 5.11 Å². The zero-order valence-electron chi connectivity index (χ0n) is 9.98. The van der Waals surface area contributed by atoms with Gasteiger partial charge in [-0.05, 0) is 36.5 Å². The molecule has 0 saturated carbocycles. The van der Waals surface area contributed by atoms with E-state index in [1.54, 1.807) is 12.3 Å². The smallest absolute Gasteiger partial charge is 0.207 e. The summed E-state index contributed by atoms with van der Waals surface area (Å²) < 4.78 is 0.562. The first-order valence-electron chi connectivity index (χ1n) is 5.60. The van der Waals surface area contributed by atoms with Gasteiger partial charge >= 0.3 is 0 Å². The van der Waals surface area contributed by atoms with Gasteiger partial charge in [0.15, 0.2) is 3.95 Å². The van der Waals surface area contributed by atoms with Gasteiger partial charge in [-0.25, -0.2) is 0 Å². The second kappa shape index (κ2) is 6.82. The summed E-state index contributed by atoms with van der Waals surface area (Å²) in [4.78, 5) is 7.64. The number of benzene rings is 1. The maximum absolute atomic E-state index is 9.47. The number of thiazole rings is 1. The van der Waals surface area contributed by atoms with Crippen LogP contribution < -0.4 is 0 Å². The van der Waals surface area contributed by atoms with Crippen molar-refractivity contribution in [1.82, 2.24) is 4.98 Å². The molecule has 1 aromatic heterocycles. The van der Waals surface area contributed by atoms with Gasteiger partial charge in [-0.2, -0.15) is 0 Å². The second-order valence-corrected chi connectivity index (χ2v) is 5.30. The molecule has 19 heavy (non-hydrogen) atoms. The summed E-state index contributed by atoms with van der Waals surface area (Å²) in [5.41, 5.74) is 0.914. The number of rotatable bonds is 4. The maximum Gasteiger partial charge on any atom is 0.207 e. The van der Waals surface area contributed by atoms with E-state index in [-0.39, 0.29) is 5.88 Å². The van der Waals surface area contributed by atoms with Crippen LogP contribution in [0.1, 0.15) is 4.88 Å². The molecule has 0 unspecified atom stereocenters. The molecule has 0 fully saturated rings. The van der Waals surface area contributed by atoms with Crippen molar-refractivity contribution in [3.05, 3.63) is 57.4 Å². The van der Waals surface area contributed by atoms with Gasteiger partial charge in [-0.3, -0.25) is 4.99 Å². The van der Waals surface area contributed by atoms with E-state index in [1.807, 2.05) is 48.6 Å². The molecule has 0 amide bonds. The number of hydrogen-bond acceptors (Lipinski definition) is 4. The highest BCUT2D eigenvalue weighted by molar-refractivity contribution is 7.73. The van der Waals surface area contributed by atoms with Crippen LogP contribution in [0.3, 0.4) is 0 Å². The molecule has 0 bridgehead atoms. The molecular weight excluding hydrogens is 276 g/mol. The van der Waals surface area contributed by atoms with E-state index < -0.39 is 0 Å². The van der Waals surface area contributed by atoms with Crippen LogP contribution in [0.4, 0.5) is 5.69 Å². The third-order valence-electron chi connectivity index (χ3n) is 2.19. The number of aromatic hydroxyl groups is 1. The first-order chi connectivity index (χ1) is 9.25. The minimum Gasteiger partial charge on any atom is -0.494 e. The zero-order chi connectivity index (χ0) is 13.5. The number of aromatic amines is 1. The molecule has 1 heterocycles. The van der Waals surface area contributed by atoms with Crippen LogP contribution in [-0.4, -0.2) is 16.3 Å². The summed E-state index contributed by atoms with van der Waals surface area (Å²) >= 11 is 6.25. The molecule has 2 rings (SSSR count). The second-order valence-electron chi connectivity index (χ2n) is 3.59. The minimum atomic E-state index is 0.109. The summed E-state index contributed by atoms with van der Waals surface area (Å²) in [6.07, 6.45) is 9.00. The molecule has 3 nitrogen and oxygen atoms in total. The van der Waals surface area contributed by atoms with E-state index >= 15 is 0 Å². The maximum atomic E-state index is 9.47. The predicted molar refractivity (Wildman–Crippen MR) is 83.9 cm³/mol. The van der Waals surface area contributed by atoms with Gasteiger partial charge in [0.05, 0.1) is 10.6 Å². The average molecular weight is 288 g/mol. The standard InChI is InChI=1S/C14H12N2OS2/c17-13-12(19-14(18)16-13)9-5-2-6-10-15-11-7-3-1-4-8-11/h1-10,17H,(H,16,18)/b6-2+,9-5+,15-10?. The lowest BCUT2D eigenvalue weighted by molar-refractivity contribution is 0.456. The number of para-hydroxylation sites is 1. The molecule has 0 aliphatic rings. The number of aliphatic imine (C=N–C) groups is 1. The number of nitrogens with zero attached hydrogens (tertiary/aromatic N) is 1. The average Bonchev–Trinajstić information content (AvgIpc) is 2.73. The lowest BCUT2D eigenvalue weighted by Crippen LogP contribution is -1.66. The summed E-state index contributed by atoms with van der Waals surface area (Å²) in [5, 5.41) is 9.47. The molecule has 0 aliphatic heterocycles. The monoisotopic (exact) mass is 288 g/mol. The SMILES string of the molecule is Oc1[nH]c(=S)sc1/C=C/C=C/C=Nc1ccccc1. The van der Waals surface area contributed by atoms with E-state index in [2.05, 4.69) is 9.98 Å². The fraction of sp³-hybridized carbons (Fsp3) is 0. The van der Waals surface area contributed by atoms with E-state index in [4.69, 9.17) is 12.2 Å². The van der Waals surface area contributed by atoms with Gasteiger partial charge in [0, 0.05) is 6.21 Å². The van der Waals surface area contributed by atoms with Crippen molar-refractivity contribution in [2.75, 3.05) is 0 Å². The van der Waals surface area contributed by atoms with Crippen molar-refractivity contribution in [3.8, 4) is 5.88 Å². The number of H-pyrrole nitrogens is 1. The van der Waals surface area contributed by atoms with Gasteiger partial charge in [0.1, 0.15) is 0 Å². The van der Waals surface area contributed by atoms with Crippen molar-refractivity contribution in [2.24, 2.45) is 4.99 Å². The van der Waals surface area contributed by atoms with E-state index in [0.29, 0.717) is 3.95 Å². The summed E-state index contributed by atoms with van der Waals surface area (Å²) in [7, 11) is 0. The Labute approximate surface area is 120 Å².